The van der Waals surface area contributed by atoms with E-state index in [1.54, 1.807) is 4.90 Å². The van der Waals surface area contributed by atoms with E-state index in [2.05, 4.69) is 10.6 Å². The second kappa shape index (κ2) is 7.40. The molecule has 1 heterocycles. The lowest BCUT2D eigenvalue weighted by molar-refractivity contribution is -0.142. The van der Waals surface area contributed by atoms with Crippen molar-refractivity contribution in [3.05, 3.63) is 0 Å². The van der Waals surface area contributed by atoms with Crippen LogP contribution in [0.3, 0.4) is 0 Å². The maximum absolute atomic E-state index is 11.8. The van der Waals surface area contributed by atoms with E-state index in [0.717, 1.165) is 32.1 Å². The molecule has 0 radical (unpaired) electrons. The van der Waals surface area contributed by atoms with Gasteiger partial charge in [0.05, 0.1) is 6.54 Å². The maximum Gasteiger partial charge on any atom is 0.321 e. The Labute approximate surface area is 124 Å². The first-order valence-electron chi connectivity index (χ1n) is 7.63. The number of rotatable bonds is 4. The minimum Gasteiger partial charge on any atom is -0.480 e. The first-order chi connectivity index (χ1) is 10.1. The SMILES string of the molecule is O=C(CN1CCC[C@H]1C(=O)O)NC(=O)NC1CCCCC1. The summed E-state index contributed by atoms with van der Waals surface area (Å²) in [5, 5.41) is 14.1. The fourth-order valence-electron chi connectivity index (χ4n) is 3.11. The summed E-state index contributed by atoms with van der Waals surface area (Å²) >= 11 is 0. The van der Waals surface area contributed by atoms with Gasteiger partial charge in [-0.25, -0.2) is 4.79 Å². The summed E-state index contributed by atoms with van der Waals surface area (Å²) in [5.41, 5.74) is 0. The van der Waals surface area contributed by atoms with E-state index in [1.807, 2.05) is 0 Å². The summed E-state index contributed by atoms with van der Waals surface area (Å²) in [4.78, 5) is 36.2. The van der Waals surface area contributed by atoms with Crippen molar-refractivity contribution < 1.29 is 19.5 Å². The predicted octanol–water partition coefficient (Wildman–Crippen LogP) is 0.694. The number of carboxylic acids is 1. The van der Waals surface area contributed by atoms with Crippen molar-refractivity contribution in [1.82, 2.24) is 15.5 Å². The Bertz CT molecular complexity index is 407. The third-order valence-electron chi connectivity index (χ3n) is 4.19. The smallest absolute Gasteiger partial charge is 0.321 e. The molecule has 1 atom stereocenters. The molecule has 7 heteroatoms. The van der Waals surface area contributed by atoms with E-state index in [9.17, 15) is 14.4 Å². The summed E-state index contributed by atoms with van der Waals surface area (Å²) in [6.45, 7) is 0.531. The lowest BCUT2D eigenvalue weighted by atomic mass is 9.96. The van der Waals surface area contributed by atoms with Gasteiger partial charge in [-0.3, -0.25) is 19.8 Å². The summed E-state index contributed by atoms with van der Waals surface area (Å²) in [7, 11) is 0. The molecular weight excluding hydrogens is 274 g/mol. The Hall–Kier alpha value is -1.63. The molecule has 3 amide bonds. The second-order valence-electron chi connectivity index (χ2n) is 5.82. The zero-order valence-corrected chi connectivity index (χ0v) is 12.1. The number of amides is 3. The van der Waals surface area contributed by atoms with Crippen LogP contribution in [0.1, 0.15) is 44.9 Å². The fraction of sp³-hybridized carbons (Fsp3) is 0.786. The van der Waals surface area contributed by atoms with Gasteiger partial charge in [0.2, 0.25) is 5.91 Å². The van der Waals surface area contributed by atoms with Gasteiger partial charge in [0.15, 0.2) is 0 Å². The fourth-order valence-corrected chi connectivity index (χ4v) is 3.11. The van der Waals surface area contributed by atoms with E-state index in [0.29, 0.717) is 13.0 Å². The van der Waals surface area contributed by atoms with Crippen molar-refractivity contribution in [2.45, 2.75) is 57.0 Å². The van der Waals surface area contributed by atoms with Crippen LogP contribution >= 0.6 is 0 Å². The van der Waals surface area contributed by atoms with Crippen LogP contribution in [0.25, 0.3) is 0 Å². The quantitative estimate of drug-likeness (QED) is 0.709. The highest BCUT2D eigenvalue weighted by Crippen LogP contribution is 2.17. The molecule has 0 aromatic carbocycles. The van der Waals surface area contributed by atoms with Crippen molar-refractivity contribution in [2.75, 3.05) is 13.1 Å². The Morgan fingerprint density at radius 3 is 2.43 bits per heavy atom. The van der Waals surface area contributed by atoms with Gasteiger partial charge in [0.1, 0.15) is 6.04 Å². The van der Waals surface area contributed by atoms with Crippen molar-refractivity contribution in [2.24, 2.45) is 0 Å². The van der Waals surface area contributed by atoms with Gasteiger partial charge in [-0.1, -0.05) is 19.3 Å². The number of imide groups is 1. The van der Waals surface area contributed by atoms with Crippen LogP contribution in [0.5, 0.6) is 0 Å². The Morgan fingerprint density at radius 1 is 1.05 bits per heavy atom. The molecule has 7 nitrogen and oxygen atoms in total. The third-order valence-corrected chi connectivity index (χ3v) is 4.19. The third kappa shape index (κ3) is 4.70. The molecule has 1 aliphatic carbocycles. The average molecular weight is 297 g/mol. The minimum absolute atomic E-state index is 0.0466. The van der Waals surface area contributed by atoms with Gasteiger partial charge in [-0.2, -0.15) is 0 Å². The lowest BCUT2D eigenvalue weighted by Gasteiger charge is -2.23. The summed E-state index contributed by atoms with van der Waals surface area (Å²) < 4.78 is 0. The molecule has 0 aromatic heterocycles. The van der Waals surface area contributed by atoms with E-state index < -0.39 is 23.9 Å². The minimum atomic E-state index is -0.910. The highest BCUT2D eigenvalue weighted by Gasteiger charge is 2.31. The maximum atomic E-state index is 11.8. The van der Waals surface area contributed by atoms with E-state index >= 15 is 0 Å². The van der Waals surface area contributed by atoms with Crippen LogP contribution in [0.15, 0.2) is 0 Å². The highest BCUT2D eigenvalue weighted by atomic mass is 16.4. The largest absolute Gasteiger partial charge is 0.480 e. The van der Waals surface area contributed by atoms with Crippen LogP contribution in [0.2, 0.25) is 0 Å². The standard InChI is InChI=1S/C14H23N3O4/c18-12(9-17-8-4-7-11(17)13(19)20)16-14(21)15-10-5-2-1-3-6-10/h10-11H,1-9H2,(H,19,20)(H2,15,16,18,21)/t11-/m0/s1. The van der Waals surface area contributed by atoms with Gasteiger partial charge in [-0.05, 0) is 32.2 Å². The molecule has 1 saturated heterocycles. The number of nitrogens with one attached hydrogen (secondary N) is 2. The Kier molecular flexibility index (Phi) is 5.55. The number of likely N-dealkylation sites (tertiary alicyclic amines) is 1. The topological polar surface area (TPSA) is 98.7 Å². The normalized spacial score (nSPS) is 23.7. The molecule has 2 aliphatic rings. The molecule has 0 spiro atoms. The zero-order chi connectivity index (χ0) is 15.2. The van der Waals surface area contributed by atoms with Crippen molar-refractivity contribution in [3.63, 3.8) is 0 Å². The van der Waals surface area contributed by atoms with Gasteiger partial charge < -0.3 is 10.4 Å². The van der Waals surface area contributed by atoms with Crippen LogP contribution in [0, 0.1) is 0 Å². The van der Waals surface area contributed by atoms with Gasteiger partial charge in [-0.15, -0.1) is 0 Å². The zero-order valence-electron chi connectivity index (χ0n) is 12.1. The van der Waals surface area contributed by atoms with Crippen LogP contribution < -0.4 is 10.6 Å². The number of carbonyl (C=O) groups excluding carboxylic acids is 2. The number of nitrogens with zero attached hydrogens (tertiary/aromatic N) is 1. The molecule has 0 unspecified atom stereocenters. The molecule has 0 aromatic rings. The number of aliphatic carboxylic acids is 1. The Balaban J connectivity index is 1.73. The number of hydrogen-bond acceptors (Lipinski definition) is 4. The molecule has 118 valence electrons. The van der Waals surface area contributed by atoms with Crippen molar-refractivity contribution in [1.29, 1.82) is 0 Å². The van der Waals surface area contributed by atoms with Crippen LogP contribution in [-0.4, -0.2) is 53.1 Å². The molecule has 21 heavy (non-hydrogen) atoms. The van der Waals surface area contributed by atoms with Crippen LogP contribution in [-0.2, 0) is 9.59 Å². The van der Waals surface area contributed by atoms with Gasteiger partial charge in [0.25, 0.3) is 0 Å². The summed E-state index contributed by atoms with van der Waals surface area (Å²) in [6, 6.07) is -0.944. The second-order valence-corrected chi connectivity index (χ2v) is 5.82. The number of carboxylic acid groups (broad SMARTS) is 1. The molecule has 0 bridgehead atoms. The van der Waals surface area contributed by atoms with Crippen LogP contribution in [0.4, 0.5) is 4.79 Å². The molecule has 1 saturated carbocycles. The highest BCUT2D eigenvalue weighted by molar-refractivity contribution is 5.95. The van der Waals surface area contributed by atoms with Gasteiger partial charge >= 0.3 is 12.0 Å². The molecule has 2 fully saturated rings. The molecule has 3 N–H and O–H groups in total. The first kappa shape index (κ1) is 15.8. The summed E-state index contributed by atoms with van der Waals surface area (Å²) in [5.74, 6) is -1.36. The first-order valence-corrected chi connectivity index (χ1v) is 7.63. The number of hydrogen-bond donors (Lipinski definition) is 3. The molecular formula is C14H23N3O4. The summed E-state index contributed by atoms with van der Waals surface area (Å²) in [6.07, 6.45) is 6.63. The van der Waals surface area contributed by atoms with Crippen molar-refractivity contribution >= 4 is 17.9 Å². The number of carbonyl (C=O) groups is 3. The van der Waals surface area contributed by atoms with E-state index in [-0.39, 0.29) is 12.6 Å². The number of urea groups is 1. The van der Waals surface area contributed by atoms with E-state index in [1.165, 1.54) is 6.42 Å². The average Bonchev–Trinajstić information content (AvgIpc) is 2.87. The van der Waals surface area contributed by atoms with E-state index in [4.69, 9.17) is 5.11 Å². The molecule has 2 rings (SSSR count). The predicted molar refractivity (Wildman–Crippen MR) is 75.8 cm³/mol. The lowest BCUT2D eigenvalue weighted by Crippen LogP contribution is -2.49. The molecule has 1 aliphatic heterocycles. The Morgan fingerprint density at radius 2 is 1.76 bits per heavy atom. The monoisotopic (exact) mass is 297 g/mol. The van der Waals surface area contributed by atoms with Gasteiger partial charge in [0, 0.05) is 6.04 Å². The van der Waals surface area contributed by atoms with Crippen molar-refractivity contribution in [3.8, 4) is 0 Å².